The third kappa shape index (κ3) is 6.66. The zero-order chi connectivity index (χ0) is 30.9. The molecule has 5 rings (SSSR count). The fourth-order valence-electron chi connectivity index (χ4n) is 5.28. The van der Waals surface area contributed by atoms with E-state index in [1.54, 1.807) is 46.0 Å². The van der Waals surface area contributed by atoms with Gasteiger partial charge in [-0.3, -0.25) is 14.4 Å². The van der Waals surface area contributed by atoms with Crippen LogP contribution in [0.4, 0.5) is 8.78 Å². The maximum atomic E-state index is 14.4. The van der Waals surface area contributed by atoms with Crippen molar-refractivity contribution in [2.75, 3.05) is 6.17 Å². The Morgan fingerprint density at radius 1 is 1.12 bits per heavy atom. The molecule has 1 unspecified atom stereocenters. The van der Waals surface area contributed by atoms with Gasteiger partial charge in [-0.15, -0.1) is 0 Å². The van der Waals surface area contributed by atoms with Gasteiger partial charge in [0, 0.05) is 46.5 Å². The topological polar surface area (TPSA) is 97.2 Å². The number of nitrogens with one attached hydrogen (secondary N) is 1. The van der Waals surface area contributed by atoms with Gasteiger partial charge in [-0.1, -0.05) is 42.7 Å². The van der Waals surface area contributed by atoms with Crippen LogP contribution in [0.2, 0.25) is 24.2 Å². The SMILES string of the molecule is CC(=O)c1cn(CC(=O)N2C[Si](C)(C)CC2C(=O)NCc2cccc(Cl)c2F)c2ccc(C#Cc3ncc(F)cn3)cc12. The molecule has 1 fully saturated rings. The predicted molar refractivity (Wildman–Crippen MR) is 161 cm³/mol. The van der Waals surface area contributed by atoms with Crippen molar-refractivity contribution in [3.05, 3.63) is 94.2 Å². The van der Waals surface area contributed by atoms with E-state index in [0.717, 1.165) is 12.4 Å². The van der Waals surface area contributed by atoms with Crippen LogP contribution in [0.1, 0.15) is 34.2 Å². The summed E-state index contributed by atoms with van der Waals surface area (Å²) in [5, 5.41) is 3.38. The predicted octanol–water partition coefficient (Wildman–Crippen LogP) is 4.74. The maximum absolute atomic E-state index is 14.4. The summed E-state index contributed by atoms with van der Waals surface area (Å²) < 4.78 is 29.1. The molecule has 4 aromatic rings. The number of hydrogen-bond acceptors (Lipinski definition) is 5. The van der Waals surface area contributed by atoms with Crippen LogP contribution >= 0.6 is 11.6 Å². The normalized spacial score (nSPS) is 15.7. The Hall–Kier alpha value is -4.40. The highest BCUT2D eigenvalue weighted by atomic mass is 35.5. The van der Waals surface area contributed by atoms with Gasteiger partial charge in [-0.05, 0) is 43.2 Å². The van der Waals surface area contributed by atoms with E-state index >= 15 is 0 Å². The van der Waals surface area contributed by atoms with Crippen molar-refractivity contribution in [3.63, 3.8) is 0 Å². The van der Waals surface area contributed by atoms with Gasteiger partial charge >= 0.3 is 0 Å². The largest absolute Gasteiger partial charge is 0.350 e. The van der Waals surface area contributed by atoms with E-state index in [0.29, 0.717) is 34.2 Å². The molecule has 0 bridgehead atoms. The van der Waals surface area contributed by atoms with Gasteiger partial charge in [0.1, 0.15) is 18.4 Å². The van der Waals surface area contributed by atoms with Crippen LogP contribution in [-0.4, -0.2) is 57.3 Å². The molecule has 1 atom stereocenters. The second-order valence-electron chi connectivity index (χ2n) is 11.3. The summed E-state index contributed by atoms with van der Waals surface area (Å²) in [5.74, 6) is 3.93. The van der Waals surface area contributed by atoms with E-state index in [-0.39, 0.29) is 47.1 Å². The van der Waals surface area contributed by atoms with Gasteiger partial charge in [-0.2, -0.15) is 0 Å². The van der Waals surface area contributed by atoms with Gasteiger partial charge in [0.25, 0.3) is 0 Å². The van der Waals surface area contributed by atoms with Crippen molar-refractivity contribution in [2.45, 2.75) is 45.2 Å². The molecular formula is C31H28ClF2N5O3Si. The number of Topliss-reactive ketones (excluding diaryl/α,β-unsaturated/α-hetero) is 1. The summed E-state index contributed by atoms with van der Waals surface area (Å²) in [6.07, 6.45) is 4.20. The highest BCUT2D eigenvalue weighted by molar-refractivity contribution is 6.79. The van der Waals surface area contributed by atoms with E-state index in [1.807, 2.05) is 0 Å². The lowest BCUT2D eigenvalue weighted by molar-refractivity contribution is -0.138. The van der Waals surface area contributed by atoms with Crippen LogP contribution in [0.15, 0.2) is 55.0 Å². The molecule has 1 saturated heterocycles. The van der Waals surface area contributed by atoms with Crippen molar-refractivity contribution in [2.24, 2.45) is 0 Å². The number of aromatic nitrogens is 3. The zero-order valence-electron chi connectivity index (χ0n) is 23.7. The molecule has 1 aliphatic rings. The third-order valence-electron chi connectivity index (χ3n) is 7.33. The molecule has 8 nitrogen and oxygen atoms in total. The fourth-order valence-corrected chi connectivity index (χ4v) is 8.37. The van der Waals surface area contributed by atoms with Gasteiger partial charge < -0.3 is 14.8 Å². The number of carbonyl (C=O) groups is 3. The van der Waals surface area contributed by atoms with Crippen molar-refractivity contribution in [1.29, 1.82) is 0 Å². The number of benzene rings is 2. The Kier molecular flexibility index (Phi) is 8.44. The molecule has 0 radical (unpaired) electrons. The second-order valence-corrected chi connectivity index (χ2v) is 16.7. The number of nitrogens with zero attached hydrogens (tertiary/aromatic N) is 4. The van der Waals surface area contributed by atoms with E-state index < -0.39 is 25.8 Å². The summed E-state index contributed by atoms with van der Waals surface area (Å²) in [5.41, 5.74) is 1.94. The van der Waals surface area contributed by atoms with Gasteiger partial charge in [0.2, 0.25) is 17.6 Å². The number of amides is 2. The maximum Gasteiger partial charge on any atom is 0.242 e. The van der Waals surface area contributed by atoms with E-state index in [2.05, 4.69) is 40.2 Å². The van der Waals surface area contributed by atoms with Crippen LogP contribution in [-0.2, 0) is 22.7 Å². The Labute approximate surface area is 253 Å². The molecule has 1 aliphatic heterocycles. The molecule has 12 heteroatoms. The summed E-state index contributed by atoms with van der Waals surface area (Å²) in [6, 6.07) is 9.77. The standard InChI is InChI=1S/C31H28ClF2N5O3Si/c1-19(40)24-15-38(26-9-7-20(11-23(24)26)8-10-28-35-13-22(33)14-36-28)16-29(41)39-18-43(2,3)17-27(39)31(42)37-12-21-5-4-6-25(32)30(21)34/h4-7,9,11,13-15,27H,12,16-18H2,1-3H3,(H,37,42). The van der Waals surface area contributed by atoms with Gasteiger partial charge in [0.15, 0.2) is 11.6 Å². The number of fused-ring (bicyclic) bond motifs is 1. The molecule has 0 saturated carbocycles. The number of hydrogen-bond donors (Lipinski definition) is 1. The summed E-state index contributed by atoms with van der Waals surface area (Å²) in [4.78, 5) is 48.7. The molecule has 2 amide bonds. The molecule has 43 heavy (non-hydrogen) atoms. The van der Waals surface area contributed by atoms with E-state index in [1.165, 1.54) is 13.0 Å². The Bertz CT molecular complexity index is 1810. The minimum absolute atomic E-state index is 0.0251. The molecule has 2 aromatic heterocycles. The molecule has 3 heterocycles. The minimum Gasteiger partial charge on any atom is -0.350 e. The summed E-state index contributed by atoms with van der Waals surface area (Å²) >= 11 is 5.87. The van der Waals surface area contributed by atoms with Crippen LogP contribution in [0.25, 0.3) is 10.9 Å². The second kappa shape index (κ2) is 12.1. The quantitative estimate of drug-likeness (QED) is 0.191. The average Bonchev–Trinajstić information content (AvgIpc) is 3.50. The van der Waals surface area contributed by atoms with Crippen molar-refractivity contribution < 1.29 is 23.2 Å². The molecule has 2 aromatic carbocycles. The number of halogens is 3. The molecular weight excluding hydrogens is 592 g/mol. The zero-order valence-corrected chi connectivity index (χ0v) is 25.5. The first-order chi connectivity index (χ1) is 20.4. The highest BCUT2D eigenvalue weighted by Gasteiger charge is 2.44. The van der Waals surface area contributed by atoms with Crippen LogP contribution < -0.4 is 5.32 Å². The Balaban J connectivity index is 1.37. The first-order valence-electron chi connectivity index (χ1n) is 13.6. The lowest BCUT2D eigenvalue weighted by atomic mass is 10.1. The van der Waals surface area contributed by atoms with Crippen LogP contribution in [0, 0.1) is 23.5 Å². The van der Waals surface area contributed by atoms with Crippen molar-refractivity contribution >= 4 is 48.2 Å². The Morgan fingerprint density at radius 2 is 1.86 bits per heavy atom. The van der Waals surface area contributed by atoms with E-state index in [4.69, 9.17) is 11.6 Å². The number of ketones is 1. The van der Waals surface area contributed by atoms with Crippen LogP contribution in [0.3, 0.4) is 0 Å². The van der Waals surface area contributed by atoms with E-state index in [9.17, 15) is 23.2 Å². The minimum atomic E-state index is -1.91. The molecule has 0 spiro atoms. The highest BCUT2D eigenvalue weighted by Crippen LogP contribution is 2.29. The van der Waals surface area contributed by atoms with Crippen LogP contribution in [0.5, 0.6) is 0 Å². The number of carbonyl (C=O) groups excluding carboxylic acids is 3. The monoisotopic (exact) mass is 619 g/mol. The Morgan fingerprint density at radius 3 is 2.58 bits per heavy atom. The first-order valence-corrected chi connectivity index (χ1v) is 17.3. The van der Waals surface area contributed by atoms with Crippen molar-refractivity contribution in [1.82, 2.24) is 24.8 Å². The third-order valence-corrected chi connectivity index (χ3v) is 10.3. The number of rotatable bonds is 6. The van der Waals surface area contributed by atoms with Gasteiger partial charge in [0.05, 0.1) is 25.5 Å². The first kappa shape index (κ1) is 30.1. The lowest BCUT2D eigenvalue weighted by Crippen LogP contribution is -2.46. The molecule has 1 N–H and O–H groups in total. The average molecular weight is 620 g/mol. The van der Waals surface area contributed by atoms with Crippen molar-refractivity contribution in [3.8, 4) is 11.8 Å². The fraction of sp³-hybridized carbons (Fsp3) is 0.258. The van der Waals surface area contributed by atoms with Gasteiger partial charge in [-0.25, -0.2) is 18.7 Å². The molecule has 0 aliphatic carbocycles. The molecule has 220 valence electrons. The lowest BCUT2D eigenvalue weighted by Gasteiger charge is -2.25. The summed E-state index contributed by atoms with van der Waals surface area (Å²) in [7, 11) is -1.91. The smallest absolute Gasteiger partial charge is 0.242 e. The summed E-state index contributed by atoms with van der Waals surface area (Å²) in [6.45, 7) is 5.57.